The number of benzene rings is 1. The van der Waals surface area contributed by atoms with Gasteiger partial charge in [0.05, 0.1) is 0 Å². The number of anilines is 1. The Kier molecular flexibility index (Phi) is 6.48. The maximum absolute atomic E-state index is 5.68. The van der Waals surface area contributed by atoms with E-state index in [2.05, 4.69) is 18.7 Å². The fourth-order valence-electron chi connectivity index (χ4n) is 1.67. The van der Waals surface area contributed by atoms with E-state index in [0.717, 1.165) is 37.7 Å². The zero-order chi connectivity index (χ0) is 12.5. The summed E-state index contributed by atoms with van der Waals surface area (Å²) in [6, 6.07) is 7.56. The number of nitrogens with zero attached hydrogens (tertiary/aromatic N) is 1. The second-order valence-electron chi connectivity index (χ2n) is 4.21. The van der Waals surface area contributed by atoms with Crippen molar-refractivity contribution >= 4 is 5.69 Å². The number of nitrogens with two attached hydrogens (primary N) is 1. The Hall–Kier alpha value is -1.22. The summed E-state index contributed by atoms with van der Waals surface area (Å²) >= 11 is 0. The van der Waals surface area contributed by atoms with Crippen molar-refractivity contribution in [1.29, 1.82) is 0 Å². The summed E-state index contributed by atoms with van der Waals surface area (Å²) in [6.45, 7) is 8.39. The molecular formula is C14H24N2O. The van der Waals surface area contributed by atoms with E-state index in [-0.39, 0.29) is 0 Å². The number of unbranched alkanes of at least 4 members (excludes halogenated alkanes) is 1. The highest BCUT2D eigenvalue weighted by Gasteiger charge is 2.01. The maximum atomic E-state index is 5.68. The van der Waals surface area contributed by atoms with Crippen molar-refractivity contribution in [2.24, 2.45) is 0 Å². The van der Waals surface area contributed by atoms with Crippen LogP contribution in [0.4, 0.5) is 5.69 Å². The standard InChI is InChI=1S/C14H24N2O/c1-3-5-10-16(4-2)11-12-17-14-8-6-13(15)7-9-14/h6-9H,3-5,10-12,15H2,1-2H3. The number of nitrogen functional groups attached to an aromatic ring is 1. The molecule has 0 aliphatic rings. The Bertz CT molecular complexity index is 298. The van der Waals surface area contributed by atoms with Crippen LogP contribution in [0.25, 0.3) is 0 Å². The van der Waals surface area contributed by atoms with E-state index in [0.29, 0.717) is 0 Å². The van der Waals surface area contributed by atoms with Crippen LogP contribution in [0.15, 0.2) is 24.3 Å². The van der Waals surface area contributed by atoms with Crippen LogP contribution < -0.4 is 10.5 Å². The van der Waals surface area contributed by atoms with Gasteiger partial charge in [-0.2, -0.15) is 0 Å². The van der Waals surface area contributed by atoms with Gasteiger partial charge in [0.1, 0.15) is 12.4 Å². The molecule has 0 saturated heterocycles. The molecule has 0 aliphatic heterocycles. The van der Waals surface area contributed by atoms with E-state index >= 15 is 0 Å². The van der Waals surface area contributed by atoms with E-state index in [4.69, 9.17) is 10.5 Å². The summed E-state index contributed by atoms with van der Waals surface area (Å²) < 4.78 is 5.68. The molecule has 0 radical (unpaired) electrons. The second-order valence-corrected chi connectivity index (χ2v) is 4.21. The van der Waals surface area contributed by atoms with Gasteiger partial charge in [0.25, 0.3) is 0 Å². The third-order valence-electron chi connectivity index (χ3n) is 2.83. The van der Waals surface area contributed by atoms with Crippen LogP contribution in [-0.4, -0.2) is 31.1 Å². The number of hydrogen-bond acceptors (Lipinski definition) is 3. The van der Waals surface area contributed by atoms with Gasteiger partial charge in [-0.1, -0.05) is 20.3 Å². The number of likely N-dealkylation sites (N-methyl/N-ethyl adjacent to an activating group) is 1. The molecule has 0 unspecified atom stereocenters. The molecule has 0 aliphatic carbocycles. The first-order chi connectivity index (χ1) is 8.26. The molecule has 0 heterocycles. The molecule has 0 amide bonds. The van der Waals surface area contributed by atoms with Crippen LogP contribution in [0.3, 0.4) is 0 Å². The zero-order valence-corrected chi connectivity index (χ0v) is 11.0. The lowest BCUT2D eigenvalue weighted by Gasteiger charge is -2.20. The minimum absolute atomic E-state index is 0.738. The zero-order valence-electron chi connectivity index (χ0n) is 11.0. The largest absolute Gasteiger partial charge is 0.492 e. The van der Waals surface area contributed by atoms with Crippen LogP contribution in [-0.2, 0) is 0 Å². The van der Waals surface area contributed by atoms with Gasteiger partial charge < -0.3 is 15.4 Å². The predicted octanol–water partition coefficient (Wildman–Crippen LogP) is 2.77. The summed E-state index contributed by atoms with van der Waals surface area (Å²) in [6.07, 6.45) is 2.50. The Labute approximate surface area is 105 Å². The van der Waals surface area contributed by atoms with Crippen LogP contribution in [0.5, 0.6) is 5.75 Å². The minimum atomic E-state index is 0.738. The van der Waals surface area contributed by atoms with Crippen molar-refractivity contribution < 1.29 is 4.74 Å². The normalized spacial score (nSPS) is 10.8. The van der Waals surface area contributed by atoms with Crippen molar-refractivity contribution in [2.75, 3.05) is 32.0 Å². The summed E-state index contributed by atoms with van der Waals surface area (Å²) in [5, 5.41) is 0. The highest BCUT2D eigenvalue weighted by Crippen LogP contribution is 2.12. The van der Waals surface area contributed by atoms with Crippen LogP contribution >= 0.6 is 0 Å². The highest BCUT2D eigenvalue weighted by molar-refractivity contribution is 5.41. The minimum Gasteiger partial charge on any atom is -0.492 e. The molecule has 3 nitrogen and oxygen atoms in total. The van der Waals surface area contributed by atoms with Crippen LogP contribution in [0.2, 0.25) is 0 Å². The van der Waals surface area contributed by atoms with E-state index in [1.54, 1.807) is 0 Å². The monoisotopic (exact) mass is 236 g/mol. The molecule has 1 aromatic rings. The fourth-order valence-corrected chi connectivity index (χ4v) is 1.67. The van der Waals surface area contributed by atoms with Crippen molar-refractivity contribution in [3.8, 4) is 5.75 Å². The van der Waals surface area contributed by atoms with Gasteiger partial charge in [-0.3, -0.25) is 0 Å². The molecule has 0 fully saturated rings. The van der Waals surface area contributed by atoms with Gasteiger partial charge in [0.2, 0.25) is 0 Å². The molecule has 3 heteroatoms. The van der Waals surface area contributed by atoms with Gasteiger partial charge in [-0.15, -0.1) is 0 Å². The molecule has 1 rings (SSSR count). The first-order valence-electron chi connectivity index (χ1n) is 6.47. The molecule has 1 aromatic carbocycles. The Morgan fingerprint density at radius 1 is 1.12 bits per heavy atom. The predicted molar refractivity (Wildman–Crippen MR) is 73.4 cm³/mol. The van der Waals surface area contributed by atoms with Crippen molar-refractivity contribution in [3.63, 3.8) is 0 Å². The molecule has 2 N–H and O–H groups in total. The van der Waals surface area contributed by atoms with Crippen LogP contribution in [0.1, 0.15) is 26.7 Å². The molecular weight excluding hydrogens is 212 g/mol. The maximum Gasteiger partial charge on any atom is 0.119 e. The van der Waals surface area contributed by atoms with Crippen molar-refractivity contribution in [2.45, 2.75) is 26.7 Å². The lowest BCUT2D eigenvalue weighted by Crippen LogP contribution is -2.29. The van der Waals surface area contributed by atoms with Crippen LogP contribution in [0, 0.1) is 0 Å². The summed E-state index contributed by atoms with van der Waals surface area (Å²) in [4.78, 5) is 2.42. The van der Waals surface area contributed by atoms with Gasteiger partial charge >= 0.3 is 0 Å². The van der Waals surface area contributed by atoms with E-state index in [1.807, 2.05) is 24.3 Å². The van der Waals surface area contributed by atoms with Gasteiger partial charge in [-0.05, 0) is 43.8 Å². The molecule has 0 bridgehead atoms. The lowest BCUT2D eigenvalue weighted by atomic mass is 10.3. The van der Waals surface area contributed by atoms with E-state index in [9.17, 15) is 0 Å². The molecule has 0 saturated carbocycles. The number of rotatable bonds is 8. The van der Waals surface area contributed by atoms with E-state index < -0.39 is 0 Å². The van der Waals surface area contributed by atoms with Gasteiger partial charge in [-0.25, -0.2) is 0 Å². The summed E-state index contributed by atoms with van der Waals surface area (Å²) in [5.41, 5.74) is 6.39. The van der Waals surface area contributed by atoms with Gasteiger partial charge in [0, 0.05) is 12.2 Å². The third-order valence-corrected chi connectivity index (χ3v) is 2.83. The quantitative estimate of drug-likeness (QED) is 0.705. The SMILES string of the molecule is CCCCN(CC)CCOc1ccc(N)cc1. The first kappa shape index (κ1) is 13.8. The fraction of sp³-hybridized carbons (Fsp3) is 0.571. The third kappa shape index (κ3) is 5.59. The summed E-state index contributed by atoms with van der Waals surface area (Å²) in [5.74, 6) is 0.894. The number of hydrogen-bond donors (Lipinski definition) is 1. The molecule has 0 atom stereocenters. The Morgan fingerprint density at radius 3 is 2.41 bits per heavy atom. The number of ether oxygens (including phenoxy) is 1. The van der Waals surface area contributed by atoms with E-state index in [1.165, 1.54) is 12.8 Å². The molecule has 17 heavy (non-hydrogen) atoms. The molecule has 96 valence electrons. The lowest BCUT2D eigenvalue weighted by molar-refractivity contribution is 0.213. The first-order valence-corrected chi connectivity index (χ1v) is 6.47. The molecule has 0 aromatic heterocycles. The summed E-state index contributed by atoms with van der Waals surface area (Å²) in [7, 11) is 0. The van der Waals surface area contributed by atoms with Crippen molar-refractivity contribution in [3.05, 3.63) is 24.3 Å². The average Bonchev–Trinajstić information content (AvgIpc) is 2.36. The van der Waals surface area contributed by atoms with Gasteiger partial charge in [0.15, 0.2) is 0 Å². The smallest absolute Gasteiger partial charge is 0.119 e. The topological polar surface area (TPSA) is 38.5 Å². The second kappa shape index (κ2) is 7.96. The Balaban J connectivity index is 2.23. The molecule has 0 spiro atoms. The Morgan fingerprint density at radius 2 is 1.82 bits per heavy atom. The average molecular weight is 236 g/mol. The highest BCUT2D eigenvalue weighted by atomic mass is 16.5. The van der Waals surface area contributed by atoms with Crippen molar-refractivity contribution in [1.82, 2.24) is 4.90 Å².